The Morgan fingerprint density at radius 1 is 1.12 bits per heavy atom. The maximum Gasteiger partial charge on any atom is 0.172 e. The molecule has 132 valence electrons. The molecule has 0 bridgehead atoms. The molecule has 1 aromatic carbocycles. The molecule has 0 amide bonds. The minimum atomic E-state index is 0.467. The molecule has 3 heterocycles. The van der Waals surface area contributed by atoms with Crippen LogP contribution in [-0.2, 0) is 19.5 Å². The highest BCUT2D eigenvalue weighted by Crippen LogP contribution is 2.25. The molecular weight excluding hydrogens is 330 g/mol. The second kappa shape index (κ2) is 6.91. The molecule has 8 heteroatoms. The SMILES string of the molecule is Cc1noc(C)c1-c1nc(Cn2cncn2)nn1CCc1ccccc1. The van der Waals surface area contributed by atoms with Gasteiger partial charge in [0.2, 0.25) is 0 Å². The van der Waals surface area contributed by atoms with E-state index in [4.69, 9.17) is 9.51 Å². The van der Waals surface area contributed by atoms with Crippen molar-refractivity contribution in [3.8, 4) is 11.4 Å². The topological polar surface area (TPSA) is 87.4 Å². The molecule has 4 aromatic rings. The Labute approximate surface area is 150 Å². The van der Waals surface area contributed by atoms with E-state index < -0.39 is 0 Å². The molecule has 0 aliphatic rings. The van der Waals surface area contributed by atoms with Gasteiger partial charge in [-0.25, -0.2) is 19.3 Å². The third kappa shape index (κ3) is 3.26. The van der Waals surface area contributed by atoms with Gasteiger partial charge in [0.25, 0.3) is 0 Å². The van der Waals surface area contributed by atoms with E-state index in [1.165, 1.54) is 11.9 Å². The van der Waals surface area contributed by atoms with Gasteiger partial charge in [0, 0.05) is 6.54 Å². The Hall–Kier alpha value is -3.29. The highest BCUT2D eigenvalue weighted by atomic mass is 16.5. The van der Waals surface area contributed by atoms with Crippen molar-refractivity contribution in [2.75, 3.05) is 0 Å². The summed E-state index contributed by atoms with van der Waals surface area (Å²) in [5.41, 5.74) is 2.96. The van der Waals surface area contributed by atoms with E-state index in [9.17, 15) is 0 Å². The first-order valence-electron chi connectivity index (χ1n) is 8.44. The molecule has 0 fully saturated rings. The average Bonchev–Trinajstić information content (AvgIpc) is 3.36. The van der Waals surface area contributed by atoms with E-state index >= 15 is 0 Å². The van der Waals surface area contributed by atoms with Crippen molar-refractivity contribution < 1.29 is 4.52 Å². The zero-order chi connectivity index (χ0) is 17.9. The van der Waals surface area contributed by atoms with Gasteiger partial charge in [-0.15, -0.1) is 0 Å². The zero-order valence-electron chi connectivity index (χ0n) is 14.7. The van der Waals surface area contributed by atoms with Crippen molar-refractivity contribution >= 4 is 0 Å². The van der Waals surface area contributed by atoms with Gasteiger partial charge in [-0.3, -0.25) is 0 Å². The molecule has 0 saturated carbocycles. The molecule has 0 aliphatic carbocycles. The first-order valence-corrected chi connectivity index (χ1v) is 8.44. The molecule has 0 N–H and O–H groups in total. The van der Waals surface area contributed by atoms with Crippen LogP contribution in [-0.4, -0.2) is 34.7 Å². The number of rotatable bonds is 6. The number of benzene rings is 1. The number of aryl methyl sites for hydroxylation is 4. The number of hydrogen-bond donors (Lipinski definition) is 0. The molecule has 0 unspecified atom stereocenters. The second-order valence-electron chi connectivity index (χ2n) is 6.10. The van der Waals surface area contributed by atoms with Gasteiger partial charge in [-0.05, 0) is 25.8 Å². The lowest BCUT2D eigenvalue weighted by atomic mass is 10.1. The van der Waals surface area contributed by atoms with E-state index in [1.807, 2.05) is 36.7 Å². The van der Waals surface area contributed by atoms with Gasteiger partial charge in [0.15, 0.2) is 11.6 Å². The van der Waals surface area contributed by atoms with Crippen LogP contribution in [0.1, 0.15) is 22.8 Å². The van der Waals surface area contributed by atoms with Crippen molar-refractivity contribution in [2.24, 2.45) is 0 Å². The predicted molar refractivity (Wildman–Crippen MR) is 94.3 cm³/mol. The largest absolute Gasteiger partial charge is 0.361 e. The van der Waals surface area contributed by atoms with Crippen LogP contribution in [0.4, 0.5) is 0 Å². The first kappa shape index (κ1) is 16.2. The summed E-state index contributed by atoms with van der Waals surface area (Å²) in [7, 11) is 0. The minimum Gasteiger partial charge on any atom is -0.361 e. The lowest BCUT2D eigenvalue weighted by Crippen LogP contribution is -2.07. The third-order valence-electron chi connectivity index (χ3n) is 4.20. The van der Waals surface area contributed by atoms with Gasteiger partial charge in [0.05, 0.1) is 11.3 Å². The smallest absolute Gasteiger partial charge is 0.172 e. The molecule has 0 saturated heterocycles. The fourth-order valence-corrected chi connectivity index (χ4v) is 2.94. The summed E-state index contributed by atoms with van der Waals surface area (Å²) >= 11 is 0. The lowest BCUT2D eigenvalue weighted by molar-refractivity contribution is 0.393. The van der Waals surface area contributed by atoms with Crippen molar-refractivity contribution in [1.29, 1.82) is 0 Å². The molecule has 0 spiro atoms. The number of hydrogen-bond acceptors (Lipinski definition) is 6. The summed E-state index contributed by atoms with van der Waals surface area (Å²) in [5, 5.41) is 12.9. The van der Waals surface area contributed by atoms with Crippen molar-refractivity contribution in [1.82, 2.24) is 34.7 Å². The van der Waals surface area contributed by atoms with E-state index in [0.717, 1.165) is 29.3 Å². The van der Waals surface area contributed by atoms with Crippen molar-refractivity contribution in [2.45, 2.75) is 33.4 Å². The van der Waals surface area contributed by atoms with Gasteiger partial charge in [-0.2, -0.15) is 10.2 Å². The number of aromatic nitrogens is 7. The predicted octanol–water partition coefficient (Wildman–Crippen LogP) is 2.43. The summed E-state index contributed by atoms with van der Waals surface area (Å²) in [5.74, 6) is 2.19. The Balaban J connectivity index is 1.67. The lowest BCUT2D eigenvalue weighted by Gasteiger charge is -2.06. The van der Waals surface area contributed by atoms with E-state index in [0.29, 0.717) is 18.9 Å². The molecule has 4 rings (SSSR count). The molecule has 0 radical (unpaired) electrons. The first-order chi connectivity index (χ1) is 12.7. The number of nitrogens with zero attached hydrogens (tertiary/aromatic N) is 7. The third-order valence-corrected chi connectivity index (χ3v) is 4.20. The van der Waals surface area contributed by atoms with Crippen LogP contribution in [0.2, 0.25) is 0 Å². The van der Waals surface area contributed by atoms with Crippen LogP contribution in [0.15, 0.2) is 47.5 Å². The molecule has 26 heavy (non-hydrogen) atoms. The van der Waals surface area contributed by atoms with E-state index in [2.05, 4.69) is 32.5 Å². The molecule has 3 aromatic heterocycles. The molecular formula is C18H19N7O. The molecule has 8 nitrogen and oxygen atoms in total. The molecule has 0 aliphatic heterocycles. The second-order valence-corrected chi connectivity index (χ2v) is 6.10. The Morgan fingerprint density at radius 2 is 1.96 bits per heavy atom. The monoisotopic (exact) mass is 349 g/mol. The Kier molecular flexibility index (Phi) is 4.30. The summed E-state index contributed by atoms with van der Waals surface area (Å²) in [4.78, 5) is 8.69. The van der Waals surface area contributed by atoms with Crippen LogP contribution < -0.4 is 0 Å². The van der Waals surface area contributed by atoms with Crippen molar-refractivity contribution in [3.63, 3.8) is 0 Å². The van der Waals surface area contributed by atoms with Crippen LogP contribution in [0, 0.1) is 13.8 Å². The summed E-state index contributed by atoms with van der Waals surface area (Å²) < 4.78 is 8.95. The van der Waals surface area contributed by atoms with Crippen LogP contribution in [0.3, 0.4) is 0 Å². The van der Waals surface area contributed by atoms with Gasteiger partial charge < -0.3 is 4.52 Å². The fourth-order valence-electron chi connectivity index (χ4n) is 2.94. The highest BCUT2D eigenvalue weighted by Gasteiger charge is 2.20. The summed E-state index contributed by atoms with van der Waals surface area (Å²) in [6, 6.07) is 10.3. The quantitative estimate of drug-likeness (QED) is 0.531. The zero-order valence-corrected chi connectivity index (χ0v) is 14.7. The fraction of sp³-hybridized carbons (Fsp3) is 0.278. The minimum absolute atomic E-state index is 0.467. The van der Waals surface area contributed by atoms with Crippen LogP contribution in [0.25, 0.3) is 11.4 Å². The van der Waals surface area contributed by atoms with E-state index in [1.54, 1.807) is 11.0 Å². The standard InChI is InChI=1S/C18H19N7O/c1-13-17(14(2)26-23-13)18-21-16(10-24-12-19-11-20-24)22-25(18)9-8-15-6-4-3-5-7-15/h3-7,11-12H,8-10H2,1-2H3. The van der Waals surface area contributed by atoms with Gasteiger partial charge >= 0.3 is 0 Å². The van der Waals surface area contributed by atoms with Gasteiger partial charge in [0.1, 0.15) is 25.0 Å². The normalized spacial score (nSPS) is 11.2. The van der Waals surface area contributed by atoms with Crippen LogP contribution in [0.5, 0.6) is 0 Å². The average molecular weight is 349 g/mol. The van der Waals surface area contributed by atoms with Crippen molar-refractivity contribution in [3.05, 3.63) is 65.8 Å². The van der Waals surface area contributed by atoms with Gasteiger partial charge in [-0.1, -0.05) is 35.5 Å². The maximum absolute atomic E-state index is 5.32. The Morgan fingerprint density at radius 3 is 2.65 bits per heavy atom. The summed E-state index contributed by atoms with van der Waals surface area (Å²) in [6.07, 6.45) is 4.02. The highest BCUT2D eigenvalue weighted by molar-refractivity contribution is 5.60. The Bertz CT molecular complexity index is 967. The maximum atomic E-state index is 5.32. The van der Waals surface area contributed by atoms with E-state index in [-0.39, 0.29) is 0 Å². The van der Waals surface area contributed by atoms with Crippen LogP contribution >= 0.6 is 0 Å². The molecule has 0 atom stereocenters. The summed E-state index contributed by atoms with van der Waals surface area (Å²) in [6.45, 7) is 4.99.